The molecule has 1 unspecified atom stereocenters. The summed E-state index contributed by atoms with van der Waals surface area (Å²) in [7, 11) is -4.00. The van der Waals surface area contributed by atoms with Gasteiger partial charge in [0.1, 0.15) is 4.90 Å². The van der Waals surface area contributed by atoms with Gasteiger partial charge in [0.2, 0.25) is 10.0 Å². The van der Waals surface area contributed by atoms with Gasteiger partial charge in [-0.25, -0.2) is 13.1 Å². The molecule has 0 saturated carbocycles. The third-order valence-corrected chi connectivity index (χ3v) is 3.87. The zero-order chi connectivity index (χ0) is 14.0. The zero-order valence-electron chi connectivity index (χ0n) is 9.20. The summed E-state index contributed by atoms with van der Waals surface area (Å²) in [6.45, 7) is 1.15. The van der Waals surface area contributed by atoms with Crippen LogP contribution in [0.15, 0.2) is 27.8 Å². The predicted molar refractivity (Wildman–Crippen MR) is 62.4 cm³/mol. The molecule has 1 atom stereocenters. The Kier molecular flexibility index (Phi) is 4.73. The molecule has 1 rings (SSSR count). The smallest absolute Gasteiger partial charge is 0.262 e. The topological polar surface area (TPSA) is 59.1 Å². The van der Waals surface area contributed by atoms with Crippen molar-refractivity contribution in [1.29, 1.82) is 0 Å². The SMILES string of the molecule is CC(CC(F)(F)F)NS(=O)(=O)c1cncc(Br)c1. The monoisotopic (exact) mass is 346 g/mol. The molecule has 18 heavy (non-hydrogen) atoms. The number of nitrogens with zero attached hydrogens (tertiary/aromatic N) is 1. The van der Waals surface area contributed by atoms with Gasteiger partial charge in [-0.3, -0.25) is 4.98 Å². The lowest BCUT2D eigenvalue weighted by atomic mass is 10.2. The first kappa shape index (κ1) is 15.4. The minimum atomic E-state index is -4.42. The number of hydrogen-bond donors (Lipinski definition) is 1. The Labute approximate surface area is 111 Å². The lowest BCUT2D eigenvalue weighted by Crippen LogP contribution is -2.35. The van der Waals surface area contributed by atoms with E-state index < -0.39 is 28.7 Å². The van der Waals surface area contributed by atoms with Crippen LogP contribution < -0.4 is 4.72 Å². The summed E-state index contributed by atoms with van der Waals surface area (Å²) in [5, 5.41) is 0. The fourth-order valence-electron chi connectivity index (χ4n) is 1.26. The quantitative estimate of drug-likeness (QED) is 0.910. The second kappa shape index (κ2) is 5.54. The van der Waals surface area contributed by atoms with Crippen LogP contribution in [0.4, 0.5) is 13.2 Å². The van der Waals surface area contributed by atoms with E-state index in [1.54, 1.807) is 0 Å². The molecule has 0 aliphatic carbocycles. The van der Waals surface area contributed by atoms with Crippen molar-refractivity contribution in [2.24, 2.45) is 0 Å². The standard InChI is InChI=1S/C9H10BrF3N2O2S/c1-6(3-9(11,12)13)15-18(16,17)8-2-7(10)4-14-5-8/h2,4-6,15H,3H2,1H3. The van der Waals surface area contributed by atoms with Gasteiger partial charge >= 0.3 is 6.18 Å². The molecule has 102 valence electrons. The third kappa shape index (κ3) is 4.91. The van der Waals surface area contributed by atoms with Crippen LogP contribution in [0.25, 0.3) is 0 Å². The molecule has 0 aromatic carbocycles. The lowest BCUT2D eigenvalue weighted by molar-refractivity contribution is -0.137. The molecule has 0 spiro atoms. The number of rotatable bonds is 4. The summed E-state index contributed by atoms with van der Waals surface area (Å²) in [6.07, 6.45) is -3.21. The number of halogens is 4. The Balaban J connectivity index is 2.83. The van der Waals surface area contributed by atoms with Gasteiger partial charge in [-0.05, 0) is 28.9 Å². The molecule has 0 aliphatic rings. The van der Waals surface area contributed by atoms with Gasteiger partial charge in [0.25, 0.3) is 0 Å². The average molecular weight is 347 g/mol. The first-order chi connectivity index (χ1) is 8.10. The largest absolute Gasteiger partial charge is 0.390 e. The molecule has 1 aromatic heterocycles. The molecule has 0 aliphatic heterocycles. The molecule has 1 heterocycles. The van der Waals surface area contributed by atoms with Crippen LogP contribution in [-0.2, 0) is 10.0 Å². The van der Waals surface area contributed by atoms with Crippen molar-refractivity contribution in [2.45, 2.75) is 30.5 Å². The molecule has 9 heteroatoms. The third-order valence-electron chi connectivity index (χ3n) is 1.88. The Morgan fingerprint density at radius 3 is 2.56 bits per heavy atom. The van der Waals surface area contributed by atoms with E-state index >= 15 is 0 Å². The van der Waals surface area contributed by atoms with E-state index in [4.69, 9.17) is 0 Å². The summed E-state index contributed by atoms with van der Waals surface area (Å²) >= 11 is 3.03. The number of hydrogen-bond acceptors (Lipinski definition) is 3. The number of pyridine rings is 1. The first-order valence-corrected chi connectivity index (χ1v) is 7.07. The number of aromatic nitrogens is 1. The zero-order valence-corrected chi connectivity index (χ0v) is 11.6. The molecular formula is C9H10BrF3N2O2S. The first-order valence-electron chi connectivity index (χ1n) is 4.80. The fourth-order valence-corrected chi connectivity index (χ4v) is 3.01. The predicted octanol–water partition coefficient (Wildman–Crippen LogP) is 2.46. The Hall–Kier alpha value is -0.670. The highest BCUT2D eigenvalue weighted by molar-refractivity contribution is 9.10. The Morgan fingerprint density at radius 1 is 1.44 bits per heavy atom. The van der Waals surface area contributed by atoms with Crippen molar-refractivity contribution in [1.82, 2.24) is 9.71 Å². The van der Waals surface area contributed by atoms with Crippen LogP contribution in [0.5, 0.6) is 0 Å². The van der Waals surface area contributed by atoms with E-state index in [0.29, 0.717) is 4.47 Å². The summed E-state index contributed by atoms with van der Waals surface area (Å²) < 4.78 is 62.1. The highest BCUT2D eigenvalue weighted by atomic mass is 79.9. The van der Waals surface area contributed by atoms with Gasteiger partial charge in [-0.15, -0.1) is 0 Å². The van der Waals surface area contributed by atoms with Gasteiger partial charge in [0.15, 0.2) is 0 Å². The fraction of sp³-hybridized carbons (Fsp3) is 0.444. The molecular weight excluding hydrogens is 337 g/mol. The van der Waals surface area contributed by atoms with E-state index in [1.165, 1.54) is 12.3 Å². The Morgan fingerprint density at radius 2 is 2.06 bits per heavy atom. The van der Waals surface area contributed by atoms with Gasteiger partial charge in [0, 0.05) is 22.9 Å². The van der Waals surface area contributed by atoms with Crippen molar-refractivity contribution >= 4 is 26.0 Å². The van der Waals surface area contributed by atoms with Gasteiger partial charge in [-0.1, -0.05) is 0 Å². The molecule has 0 fully saturated rings. The molecule has 0 radical (unpaired) electrons. The highest BCUT2D eigenvalue weighted by Crippen LogP contribution is 2.22. The van der Waals surface area contributed by atoms with Crippen LogP contribution in [-0.4, -0.2) is 25.6 Å². The van der Waals surface area contributed by atoms with E-state index in [-0.39, 0.29) is 4.90 Å². The van der Waals surface area contributed by atoms with Crippen LogP contribution in [0, 0.1) is 0 Å². The van der Waals surface area contributed by atoms with Crippen molar-refractivity contribution in [3.05, 3.63) is 22.9 Å². The van der Waals surface area contributed by atoms with Crippen molar-refractivity contribution in [2.75, 3.05) is 0 Å². The van der Waals surface area contributed by atoms with Crippen LogP contribution in [0.1, 0.15) is 13.3 Å². The molecule has 0 bridgehead atoms. The van der Waals surface area contributed by atoms with E-state index in [9.17, 15) is 21.6 Å². The number of alkyl halides is 3. The molecule has 4 nitrogen and oxygen atoms in total. The normalized spacial score (nSPS) is 14.5. The van der Waals surface area contributed by atoms with E-state index in [2.05, 4.69) is 20.9 Å². The number of nitrogens with one attached hydrogen (secondary N) is 1. The van der Waals surface area contributed by atoms with Crippen molar-refractivity contribution < 1.29 is 21.6 Å². The molecule has 1 N–H and O–H groups in total. The second-order valence-corrected chi connectivity index (χ2v) is 6.31. The second-order valence-electron chi connectivity index (χ2n) is 3.68. The number of sulfonamides is 1. The van der Waals surface area contributed by atoms with E-state index in [1.807, 2.05) is 4.72 Å². The summed E-state index contributed by atoms with van der Waals surface area (Å²) in [5.74, 6) is 0. The molecule has 0 amide bonds. The van der Waals surface area contributed by atoms with Crippen LogP contribution in [0.2, 0.25) is 0 Å². The molecule has 1 aromatic rings. The summed E-state index contributed by atoms with van der Waals surface area (Å²) in [5.41, 5.74) is 0. The van der Waals surface area contributed by atoms with Gasteiger partial charge < -0.3 is 0 Å². The highest BCUT2D eigenvalue weighted by Gasteiger charge is 2.32. The van der Waals surface area contributed by atoms with Gasteiger partial charge in [-0.2, -0.15) is 13.2 Å². The maximum absolute atomic E-state index is 12.1. The van der Waals surface area contributed by atoms with Crippen molar-refractivity contribution in [3.8, 4) is 0 Å². The van der Waals surface area contributed by atoms with Crippen LogP contribution >= 0.6 is 15.9 Å². The summed E-state index contributed by atoms with van der Waals surface area (Å²) in [4.78, 5) is 3.46. The Bertz CT molecular complexity index is 519. The molecule has 0 saturated heterocycles. The lowest BCUT2D eigenvalue weighted by Gasteiger charge is -2.15. The maximum Gasteiger partial charge on any atom is 0.390 e. The summed E-state index contributed by atoms with van der Waals surface area (Å²) in [6, 6.07) is 0.0179. The van der Waals surface area contributed by atoms with E-state index in [0.717, 1.165) is 13.1 Å². The minimum Gasteiger partial charge on any atom is -0.262 e. The van der Waals surface area contributed by atoms with Crippen molar-refractivity contribution in [3.63, 3.8) is 0 Å². The van der Waals surface area contributed by atoms with Crippen LogP contribution in [0.3, 0.4) is 0 Å². The van der Waals surface area contributed by atoms with Gasteiger partial charge in [0.05, 0.1) is 6.42 Å². The minimum absolute atomic E-state index is 0.189. The maximum atomic E-state index is 12.1. The average Bonchev–Trinajstić information content (AvgIpc) is 2.13.